The van der Waals surface area contributed by atoms with Gasteiger partial charge in [0.1, 0.15) is 5.69 Å². The molecule has 0 bridgehead atoms. The summed E-state index contributed by atoms with van der Waals surface area (Å²) in [7, 11) is 5.41. The van der Waals surface area contributed by atoms with E-state index in [0.29, 0.717) is 16.4 Å². The lowest BCUT2D eigenvalue weighted by Crippen LogP contribution is -2.34. The van der Waals surface area contributed by atoms with Crippen LogP contribution in [0, 0.1) is 13.8 Å². The molecule has 160 valence electrons. The molecule has 9 heteroatoms. The SMILES string of the molecule is Cc1cc(N(C)C)ccc1/N=C(\C(=O)Nc1ccccc1Cl)c1nnc(C)c(=O)n1C. The van der Waals surface area contributed by atoms with E-state index in [1.165, 1.54) is 11.6 Å². The van der Waals surface area contributed by atoms with Gasteiger partial charge in [-0.05, 0) is 49.7 Å². The van der Waals surface area contributed by atoms with E-state index in [9.17, 15) is 9.59 Å². The number of aromatic nitrogens is 3. The van der Waals surface area contributed by atoms with Crippen molar-refractivity contribution in [2.45, 2.75) is 13.8 Å². The Balaban J connectivity index is 2.14. The molecule has 0 fully saturated rings. The summed E-state index contributed by atoms with van der Waals surface area (Å²) >= 11 is 6.19. The molecule has 1 aromatic heterocycles. The highest BCUT2D eigenvalue weighted by Gasteiger charge is 2.22. The summed E-state index contributed by atoms with van der Waals surface area (Å²) in [6.07, 6.45) is 0. The van der Waals surface area contributed by atoms with E-state index in [1.54, 1.807) is 31.2 Å². The van der Waals surface area contributed by atoms with Crippen LogP contribution in [-0.4, -0.2) is 40.5 Å². The second kappa shape index (κ2) is 9.09. The summed E-state index contributed by atoms with van der Waals surface area (Å²) in [5, 5.41) is 11.1. The van der Waals surface area contributed by atoms with Crippen LogP contribution in [0.2, 0.25) is 5.02 Å². The molecule has 0 aliphatic carbocycles. The van der Waals surface area contributed by atoms with Crippen LogP contribution in [-0.2, 0) is 11.8 Å². The largest absolute Gasteiger partial charge is 0.378 e. The van der Waals surface area contributed by atoms with E-state index >= 15 is 0 Å². The Morgan fingerprint density at radius 2 is 1.84 bits per heavy atom. The number of nitrogens with one attached hydrogen (secondary N) is 1. The predicted molar refractivity (Wildman–Crippen MR) is 124 cm³/mol. The molecule has 1 amide bonds. The van der Waals surface area contributed by atoms with Gasteiger partial charge in [0, 0.05) is 26.8 Å². The Morgan fingerprint density at radius 3 is 2.48 bits per heavy atom. The lowest BCUT2D eigenvalue weighted by Gasteiger charge is -2.15. The third-order valence-corrected chi connectivity index (χ3v) is 5.03. The van der Waals surface area contributed by atoms with Crippen LogP contribution < -0.4 is 15.8 Å². The second-order valence-corrected chi connectivity index (χ2v) is 7.64. The van der Waals surface area contributed by atoms with E-state index in [-0.39, 0.29) is 22.8 Å². The van der Waals surface area contributed by atoms with Crippen molar-refractivity contribution in [1.82, 2.24) is 14.8 Å². The quantitative estimate of drug-likeness (QED) is 0.617. The van der Waals surface area contributed by atoms with E-state index in [1.807, 2.05) is 44.1 Å². The number of carbonyl (C=O) groups is 1. The molecule has 3 rings (SSSR count). The molecule has 1 N–H and O–H groups in total. The first-order chi connectivity index (χ1) is 14.7. The van der Waals surface area contributed by atoms with Crippen molar-refractivity contribution >= 4 is 40.3 Å². The minimum absolute atomic E-state index is 0.0484. The Morgan fingerprint density at radius 1 is 1.13 bits per heavy atom. The fourth-order valence-electron chi connectivity index (χ4n) is 2.89. The molecule has 0 aliphatic rings. The van der Waals surface area contributed by atoms with Crippen molar-refractivity contribution in [2.24, 2.45) is 12.0 Å². The van der Waals surface area contributed by atoms with Crippen molar-refractivity contribution < 1.29 is 4.79 Å². The van der Waals surface area contributed by atoms with Crippen molar-refractivity contribution in [2.75, 3.05) is 24.3 Å². The maximum absolute atomic E-state index is 13.2. The maximum atomic E-state index is 13.2. The highest BCUT2D eigenvalue weighted by atomic mass is 35.5. The number of anilines is 2. The fourth-order valence-corrected chi connectivity index (χ4v) is 3.07. The van der Waals surface area contributed by atoms with Crippen LogP contribution >= 0.6 is 11.6 Å². The number of aryl methyl sites for hydroxylation is 2. The molecule has 0 atom stereocenters. The number of carbonyl (C=O) groups excluding carboxylic acids is 1. The number of hydrogen-bond donors (Lipinski definition) is 1. The molecule has 0 saturated carbocycles. The van der Waals surface area contributed by atoms with Crippen LogP contribution in [0.3, 0.4) is 0 Å². The number of halogens is 1. The van der Waals surface area contributed by atoms with E-state index < -0.39 is 5.91 Å². The second-order valence-electron chi connectivity index (χ2n) is 7.23. The first-order valence-corrected chi connectivity index (χ1v) is 9.90. The van der Waals surface area contributed by atoms with Crippen molar-refractivity contribution in [3.8, 4) is 0 Å². The molecular weight excluding hydrogens is 416 g/mol. The van der Waals surface area contributed by atoms with Gasteiger partial charge in [-0.2, -0.15) is 0 Å². The van der Waals surface area contributed by atoms with Crippen molar-refractivity contribution in [3.63, 3.8) is 0 Å². The summed E-state index contributed by atoms with van der Waals surface area (Å²) in [6, 6.07) is 12.5. The van der Waals surface area contributed by atoms with Gasteiger partial charge < -0.3 is 10.2 Å². The Kier molecular flexibility index (Phi) is 6.50. The zero-order valence-electron chi connectivity index (χ0n) is 18.0. The summed E-state index contributed by atoms with van der Waals surface area (Å²) in [5.41, 5.74) is 2.68. The molecule has 3 aromatic rings. The Hall–Kier alpha value is -3.52. The molecule has 31 heavy (non-hydrogen) atoms. The number of rotatable bonds is 5. The van der Waals surface area contributed by atoms with Gasteiger partial charge in [0.15, 0.2) is 11.5 Å². The highest BCUT2D eigenvalue weighted by Crippen LogP contribution is 2.25. The van der Waals surface area contributed by atoms with Gasteiger partial charge in [0.05, 0.1) is 16.4 Å². The van der Waals surface area contributed by atoms with Gasteiger partial charge in [0.25, 0.3) is 11.5 Å². The van der Waals surface area contributed by atoms with Crippen LogP contribution in [0.25, 0.3) is 0 Å². The zero-order valence-corrected chi connectivity index (χ0v) is 18.7. The zero-order chi connectivity index (χ0) is 22.7. The van der Waals surface area contributed by atoms with Crippen LogP contribution in [0.4, 0.5) is 17.1 Å². The van der Waals surface area contributed by atoms with Gasteiger partial charge >= 0.3 is 0 Å². The summed E-state index contributed by atoms with van der Waals surface area (Å²) < 4.78 is 1.26. The minimum Gasteiger partial charge on any atom is -0.378 e. The lowest BCUT2D eigenvalue weighted by atomic mass is 10.1. The lowest BCUT2D eigenvalue weighted by molar-refractivity contribution is -0.110. The fraction of sp³-hybridized carbons (Fsp3) is 0.227. The van der Waals surface area contributed by atoms with Gasteiger partial charge in [-0.3, -0.25) is 14.2 Å². The van der Waals surface area contributed by atoms with Gasteiger partial charge in [-0.1, -0.05) is 23.7 Å². The molecule has 8 nitrogen and oxygen atoms in total. The molecule has 0 radical (unpaired) electrons. The van der Waals surface area contributed by atoms with E-state index in [0.717, 1.165) is 11.3 Å². The van der Waals surface area contributed by atoms with Gasteiger partial charge in [-0.25, -0.2) is 4.99 Å². The number of nitrogens with zero attached hydrogens (tertiary/aromatic N) is 5. The average molecular weight is 439 g/mol. The molecule has 0 aliphatic heterocycles. The number of amides is 1. The van der Waals surface area contributed by atoms with E-state index in [4.69, 9.17) is 11.6 Å². The molecular formula is C22H23ClN6O2. The summed E-state index contributed by atoms with van der Waals surface area (Å²) in [6.45, 7) is 3.46. The van der Waals surface area contributed by atoms with E-state index in [2.05, 4.69) is 20.5 Å². The normalized spacial score (nSPS) is 11.4. The third-order valence-electron chi connectivity index (χ3n) is 4.70. The van der Waals surface area contributed by atoms with Crippen molar-refractivity contribution in [3.05, 3.63) is 74.9 Å². The first kappa shape index (κ1) is 22.2. The number of hydrogen-bond acceptors (Lipinski definition) is 6. The standard InChI is InChI=1S/C22H23ClN6O2/c1-13-12-15(28(3)4)10-11-17(13)24-19(20-27-26-14(2)22(31)29(20)5)21(30)25-18-9-7-6-8-16(18)23/h6-12H,1-5H3,(H,25,30)/b24-19-. The predicted octanol–water partition coefficient (Wildman–Crippen LogP) is 3.27. The smallest absolute Gasteiger partial charge is 0.278 e. The number of benzene rings is 2. The maximum Gasteiger partial charge on any atom is 0.278 e. The monoisotopic (exact) mass is 438 g/mol. The summed E-state index contributed by atoms with van der Waals surface area (Å²) in [5.74, 6) is -0.506. The Bertz CT molecular complexity index is 1230. The summed E-state index contributed by atoms with van der Waals surface area (Å²) in [4.78, 5) is 32.2. The molecule has 0 unspecified atom stereocenters. The first-order valence-electron chi connectivity index (χ1n) is 9.52. The Labute approximate surface area is 185 Å². The molecule has 0 spiro atoms. The topological polar surface area (TPSA) is 92.5 Å². The minimum atomic E-state index is -0.558. The highest BCUT2D eigenvalue weighted by molar-refractivity contribution is 6.49. The number of aliphatic imine (C=N–C) groups is 1. The van der Waals surface area contributed by atoms with Gasteiger partial charge in [-0.15, -0.1) is 10.2 Å². The molecule has 2 aromatic carbocycles. The average Bonchev–Trinajstić information content (AvgIpc) is 2.73. The van der Waals surface area contributed by atoms with Crippen LogP contribution in [0.1, 0.15) is 17.1 Å². The van der Waals surface area contributed by atoms with Gasteiger partial charge in [0.2, 0.25) is 0 Å². The molecule has 1 heterocycles. The van der Waals surface area contributed by atoms with Crippen molar-refractivity contribution in [1.29, 1.82) is 0 Å². The molecule has 0 saturated heterocycles. The third kappa shape index (κ3) is 4.80. The van der Waals surface area contributed by atoms with Crippen LogP contribution in [0.5, 0.6) is 0 Å². The number of para-hydroxylation sites is 1. The van der Waals surface area contributed by atoms with Crippen LogP contribution in [0.15, 0.2) is 52.3 Å².